The van der Waals surface area contributed by atoms with Crippen molar-refractivity contribution in [2.24, 2.45) is 0 Å². The molecule has 0 saturated heterocycles. The SMILES string of the molecule is Cc1cc(F)cc(C(=O)CCCCCl)c1. The van der Waals surface area contributed by atoms with Crippen LogP contribution in [0.4, 0.5) is 4.39 Å². The minimum Gasteiger partial charge on any atom is -0.294 e. The molecule has 0 saturated carbocycles. The van der Waals surface area contributed by atoms with E-state index in [1.165, 1.54) is 12.1 Å². The third-order valence-electron chi connectivity index (χ3n) is 2.15. The van der Waals surface area contributed by atoms with Crippen molar-refractivity contribution < 1.29 is 9.18 Å². The second-order valence-corrected chi connectivity index (χ2v) is 3.96. The van der Waals surface area contributed by atoms with E-state index in [0.717, 1.165) is 18.4 Å². The van der Waals surface area contributed by atoms with Crippen LogP contribution in [0.2, 0.25) is 0 Å². The molecule has 1 rings (SSSR count). The van der Waals surface area contributed by atoms with Crippen molar-refractivity contribution in [1.82, 2.24) is 0 Å². The summed E-state index contributed by atoms with van der Waals surface area (Å²) < 4.78 is 13.0. The van der Waals surface area contributed by atoms with Crippen LogP contribution < -0.4 is 0 Å². The standard InChI is InChI=1S/C12H14ClFO/c1-9-6-10(8-11(14)7-9)12(15)4-2-3-5-13/h6-8H,2-5H2,1H3. The Bertz CT molecular complexity index is 329. The third kappa shape index (κ3) is 4.00. The summed E-state index contributed by atoms with van der Waals surface area (Å²) in [5.74, 6) is 0.202. The second-order valence-electron chi connectivity index (χ2n) is 3.59. The average molecular weight is 229 g/mol. The van der Waals surface area contributed by atoms with Gasteiger partial charge in [-0.25, -0.2) is 4.39 Å². The van der Waals surface area contributed by atoms with Crippen LogP contribution in [0.3, 0.4) is 0 Å². The van der Waals surface area contributed by atoms with E-state index in [9.17, 15) is 9.18 Å². The minimum absolute atomic E-state index is 0.0114. The summed E-state index contributed by atoms with van der Waals surface area (Å²) in [7, 11) is 0. The van der Waals surface area contributed by atoms with Crippen LogP contribution >= 0.6 is 11.6 Å². The summed E-state index contributed by atoms with van der Waals surface area (Å²) in [6, 6.07) is 4.41. The lowest BCUT2D eigenvalue weighted by Gasteiger charge is -2.02. The smallest absolute Gasteiger partial charge is 0.162 e. The Hall–Kier alpha value is -0.890. The highest BCUT2D eigenvalue weighted by molar-refractivity contribution is 6.17. The molecule has 0 aliphatic rings. The number of unbranched alkanes of at least 4 members (excludes halogenated alkanes) is 1. The predicted octanol–water partition coefficient (Wildman–Crippen LogP) is 3.73. The van der Waals surface area contributed by atoms with E-state index in [1.54, 1.807) is 13.0 Å². The Labute approximate surface area is 94.3 Å². The lowest BCUT2D eigenvalue weighted by atomic mass is 10.0. The summed E-state index contributed by atoms with van der Waals surface area (Å²) in [6.07, 6.45) is 2.02. The van der Waals surface area contributed by atoms with E-state index in [2.05, 4.69) is 0 Å². The van der Waals surface area contributed by atoms with Gasteiger partial charge in [0.1, 0.15) is 5.82 Å². The first-order valence-corrected chi connectivity index (χ1v) is 5.53. The highest BCUT2D eigenvalue weighted by Crippen LogP contribution is 2.12. The number of carbonyl (C=O) groups is 1. The van der Waals surface area contributed by atoms with E-state index in [-0.39, 0.29) is 11.6 Å². The van der Waals surface area contributed by atoms with Gasteiger partial charge in [0.25, 0.3) is 0 Å². The van der Waals surface area contributed by atoms with Gasteiger partial charge in [0.05, 0.1) is 0 Å². The number of rotatable bonds is 5. The molecule has 0 heterocycles. The third-order valence-corrected chi connectivity index (χ3v) is 2.42. The van der Waals surface area contributed by atoms with Crippen LogP contribution in [0.5, 0.6) is 0 Å². The molecule has 0 amide bonds. The first-order valence-electron chi connectivity index (χ1n) is 5.00. The molecule has 1 nitrogen and oxygen atoms in total. The lowest BCUT2D eigenvalue weighted by molar-refractivity contribution is 0.0979. The molecule has 0 aliphatic heterocycles. The van der Waals surface area contributed by atoms with Gasteiger partial charge < -0.3 is 0 Å². The van der Waals surface area contributed by atoms with Gasteiger partial charge in [-0.3, -0.25) is 4.79 Å². The lowest BCUT2D eigenvalue weighted by Crippen LogP contribution is -2.00. The molecule has 0 N–H and O–H groups in total. The molecule has 3 heteroatoms. The first-order chi connectivity index (χ1) is 7.13. The number of carbonyl (C=O) groups excluding carboxylic acids is 1. The molecule has 82 valence electrons. The molecule has 0 fully saturated rings. The number of halogens is 2. The maximum absolute atomic E-state index is 13.0. The van der Waals surface area contributed by atoms with Gasteiger partial charge in [-0.2, -0.15) is 0 Å². The molecular formula is C12H14ClFO. The molecule has 0 bridgehead atoms. The van der Waals surface area contributed by atoms with Crippen LogP contribution in [0.25, 0.3) is 0 Å². The van der Waals surface area contributed by atoms with Crippen LogP contribution in [0.15, 0.2) is 18.2 Å². The maximum atomic E-state index is 13.0. The molecule has 0 aromatic heterocycles. The fourth-order valence-corrected chi connectivity index (χ4v) is 1.61. The van der Waals surface area contributed by atoms with Crippen molar-refractivity contribution in [1.29, 1.82) is 0 Å². The fraction of sp³-hybridized carbons (Fsp3) is 0.417. The summed E-state index contributed by atoms with van der Waals surface area (Å²) in [6.45, 7) is 1.78. The van der Waals surface area contributed by atoms with Gasteiger partial charge in [-0.05, 0) is 43.5 Å². The predicted molar refractivity (Wildman–Crippen MR) is 60.0 cm³/mol. The number of hydrogen-bond donors (Lipinski definition) is 0. The van der Waals surface area contributed by atoms with Crippen molar-refractivity contribution in [3.8, 4) is 0 Å². The van der Waals surface area contributed by atoms with Crippen LogP contribution in [0.1, 0.15) is 35.2 Å². The zero-order valence-electron chi connectivity index (χ0n) is 8.72. The monoisotopic (exact) mass is 228 g/mol. The summed E-state index contributed by atoms with van der Waals surface area (Å²) >= 11 is 5.51. The van der Waals surface area contributed by atoms with E-state index in [4.69, 9.17) is 11.6 Å². The van der Waals surface area contributed by atoms with E-state index >= 15 is 0 Å². The molecule has 0 atom stereocenters. The van der Waals surface area contributed by atoms with Gasteiger partial charge in [0.15, 0.2) is 5.78 Å². The number of benzene rings is 1. The molecule has 1 aromatic rings. The molecule has 0 aliphatic carbocycles. The van der Waals surface area contributed by atoms with Crippen molar-refractivity contribution in [3.63, 3.8) is 0 Å². The molecule has 0 spiro atoms. The van der Waals surface area contributed by atoms with Crippen molar-refractivity contribution in [2.75, 3.05) is 5.88 Å². The van der Waals surface area contributed by atoms with E-state index in [1.807, 2.05) is 0 Å². The highest BCUT2D eigenvalue weighted by Gasteiger charge is 2.07. The largest absolute Gasteiger partial charge is 0.294 e. The number of alkyl halides is 1. The second kappa shape index (κ2) is 5.86. The molecular weight excluding hydrogens is 215 g/mol. The van der Waals surface area contributed by atoms with Gasteiger partial charge in [0.2, 0.25) is 0 Å². The average Bonchev–Trinajstić information content (AvgIpc) is 2.16. The Kier molecular flexibility index (Phi) is 4.76. The van der Waals surface area contributed by atoms with Crippen LogP contribution in [0, 0.1) is 12.7 Å². The molecule has 0 unspecified atom stereocenters. The Balaban J connectivity index is 2.65. The number of Topliss-reactive ketones (excluding diaryl/α,β-unsaturated/α-hetero) is 1. The van der Waals surface area contributed by atoms with Crippen LogP contribution in [-0.4, -0.2) is 11.7 Å². The topological polar surface area (TPSA) is 17.1 Å². The Morgan fingerprint density at radius 2 is 2.07 bits per heavy atom. The van der Waals surface area contributed by atoms with Gasteiger partial charge in [-0.15, -0.1) is 11.6 Å². The summed E-state index contributed by atoms with van der Waals surface area (Å²) in [4.78, 5) is 11.6. The van der Waals surface area contributed by atoms with Crippen molar-refractivity contribution >= 4 is 17.4 Å². The normalized spacial score (nSPS) is 10.3. The molecule has 1 aromatic carbocycles. The quantitative estimate of drug-likeness (QED) is 0.426. The van der Waals surface area contributed by atoms with Gasteiger partial charge >= 0.3 is 0 Å². The molecule has 15 heavy (non-hydrogen) atoms. The van der Waals surface area contributed by atoms with Crippen LogP contribution in [-0.2, 0) is 0 Å². The fourth-order valence-electron chi connectivity index (χ4n) is 1.42. The Morgan fingerprint density at radius 3 is 2.67 bits per heavy atom. The van der Waals surface area contributed by atoms with Crippen molar-refractivity contribution in [3.05, 3.63) is 35.1 Å². The maximum Gasteiger partial charge on any atom is 0.162 e. The number of hydrogen-bond acceptors (Lipinski definition) is 1. The minimum atomic E-state index is -0.351. The van der Waals surface area contributed by atoms with E-state index in [0.29, 0.717) is 17.9 Å². The number of aryl methyl sites for hydroxylation is 1. The molecule has 0 radical (unpaired) electrons. The summed E-state index contributed by atoms with van der Waals surface area (Å²) in [5.41, 5.74) is 1.23. The number of ketones is 1. The van der Waals surface area contributed by atoms with E-state index < -0.39 is 0 Å². The zero-order valence-corrected chi connectivity index (χ0v) is 9.48. The first kappa shape index (κ1) is 12.2. The van der Waals surface area contributed by atoms with Crippen molar-refractivity contribution in [2.45, 2.75) is 26.2 Å². The summed E-state index contributed by atoms with van der Waals surface area (Å²) in [5, 5.41) is 0. The van der Waals surface area contributed by atoms with Gasteiger partial charge in [0, 0.05) is 17.9 Å². The Morgan fingerprint density at radius 1 is 1.33 bits per heavy atom. The zero-order chi connectivity index (χ0) is 11.3. The highest BCUT2D eigenvalue weighted by atomic mass is 35.5. The van der Waals surface area contributed by atoms with Gasteiger partial charge in [-0.1, -0.05) is 0 Å².